The molecule has 0 saturated heterocycles. The maximum atomic E-state index is 13.0. The molecule has 0 aromatic heterocycles. The van der Waals surface area contributed by atoms with E-state index >= 15 is 0 Å². The Balaban J connectivity index is 2.63. The third-order valence-corrected chi connectivity index (χ3v) is 2.38. The second-order valence-electron chi connectivity index (χ2n) is 3.40. The fraction of sp³-hybridized carbons (Fsp3) is 0.455. The molecule has 0 fully saturated rings. The van der Waals surface area contributed by atoms with Gasteiger partial charge in [-0.05, 0) is 30.5 Å². The van der Waals surface area contributed by atoms with Gasteiger partial charge in [0, 0.05) is 0 Å². The molecule has 1 atom stereocenters. The predicted molar refractivity (Wildman–Crippen MR) is 56.0 cm³/mol. The first-order valence-corrected chi connectivity index (χ1v) is 5.13. The van der Waals surface area contributed by atoms with Gasteiger partial charge in [-0.25, -0.2) is 4.39 Å². The molecular formula is C11H14ClFO. The van der Waals surface area contributed by atoms with Gasteiger partial charge in [-0.3, -0.25) is 0 Å². The Labute approximate surface area is 88.5 Å². The summed E-state index contributed by atoms with van der Waals surface area (Å²) in [6.07, 6.45) is 1.77. The van der Waals surface area contributed by atoms with Crippen molar-refractivity contribution in [3.8, 4) is 0 Å². The van der Waals surface area contributed by atoms with Crippen molar-refractivity contribution in [2.45, 2.75) is 32.3 Å². The number of benzene rings is 1. The molecule has 0 aliphatic carbocycles. The highest BCUT2D eigenvalue weighted by Crippen LogP contribution is 2.17. The van der Waals surface area contributed by atoms with Gasteiger partial charge in [0.05, 0.1) is 11.1 Å². The Hall–Kier alpha value is -0.600. The van der Waals surface area contributed by atoms with E-state index in [2.05, 4.69) is 0 Å². The molecule has 0 amide bonds. The molecule has 0 bridgehead atoms. The summed E-state index contributed by atoms with van der Waals surface area (Å²) in [5, 5.41) is 9.63. The van der Waals surface area contributed by atoms with E-state index in [1.807, 2.05) is 6.92 Å². The zero-order chi connectivity index (χ0) is 10.6. The summed E-state index contributed by atoms with van der Waals surface area (Å²) in [7, 11) is 0. The average molecular weight is 217 g/mol. The number of hydrogen-bond donors (Lipinski definition) is 1. The van der Waals surface area contributed by atoms with E-state index in [0.29, 0.717) is 6.42 Å². The predicted octanol–water partition coefficient (Wildman–Crippen LogP) is 3.18. The van der Waals surface area contributed by atoms with Crippen LogP contribution in [-0.4, -0.2) is 11.2 Å². The zero-order valence-corrected chi connectivity index (χ0v) is 8.89. The number of aliphatic hydroxyl groups is 1. The summed E-state index contributed by atoms with van der Waals surface area (Å²) in [6.45, 7) is 2.01. The first kappa shape index (κ1) is 11.5. The summed E-state index contributed by atoms with van der Waals surface area (Å²) in [4.78, 5) is 0. The topological polar surface area (TPSA) is 20.2 Å². The highest BCUT2D eigenvalue weighted by molar-refractivity contribution is 6.30. The van der Waals surface area contributed by atoms with Crippen LogP contribution in [-0.2, 0) is 6.42 Å². The first-order chi connectivity index (χ1) is 6.63. The second kappa shape index (κ2) is 5.32. The van der Waals surface area contributed by atoms with Crippen LogP contribution in [0.4, 0.5) is 4.39 Å². The normalized spacial score (nSPS) is 12.9. The van der Waals surface area contributed by atoms with Crippen molar-refractivity contribution in [3.05, 3.63) is 34.6 Å². The molecule has 0 radical (unpaired) electrons. The van der Waals surface area contributed by atoms with Gasteiger partial charge in [-0.15, -0.1) is 0 Å². The van der Waals surface area contributed by atoms with Gasteiger partial charge in [0.25, 0.3) is 0 Å². The Morgan fingerprint density at radius 3 is 2.79 bits per heavy atom. The maximum absolute atomic E-state index is 13.0. The number of rotatable bonds is 4. The molecule has 3 heteroatoms. The number of halogens is 2. The van der Waals surface area contributed by atoms with Gasteiger partial charge >= 0.3 is 0 Å². The van der Waals surface area contributed by atoms with Gasteiger partial charge < -0.3 is 5.11 Å². The van der Waals surface area contributed by atoms with Crippen LogP contribution in [0.5, 0.6) is 0 Å². The zero-order valence-electron chi connectivity index (χ0n) is 8.13. The summed E-state index contributed by atoms with van der Waals surface area (Å²) < 4.78 is 13.0. The Morgan fingerprint density at radius 2 is 2.21 bits per heavy atom. The van der Waals surface area contributed by atoms with Crippen LogP contribution in [0.25, 0.3) is 0 Å². The van der Waals surface area contributed by atoms with Crippen molar-refractivity contribution in [1.29, 1.82) is 0 Å². The van der Waals surface area contributed by atoms with Crippen molar-refractivity contribution in [1.82, 2.24) is 0 Å². The molecule has 14 heavy (non-hydrogen) atoms. The van der Waals surface area contributed by atoms with Crippen LogP contribution in [0.1, 0.15) is 25.3 Å². The molecule has 1 aromatic rings. The summed E-state index contributed by atoms with van der Waals surface area (Å²) in [5.41, 5.74) is 0.785. The van der Waals surface area contributed by atoms with Crippen LogP contribution in [0.3, 0.4) is 0 Å². The average Bonchev–Trinajstić information content (AvgIpc) is 2.12. The fourth-order valence-electron chi connectivity index (χ4n) is 1.37. The lowest BCUT2D eigenvalue weighted by atomic mass is 10.0. The van der Waals surface area contributed by atoms with E-state index in [0.717, 1.165) is 18.4 Å². The molecule has 0 unspecified atom stereocenters. The lowest BCUT2D eigenvalue weighted by Gasteiger charge is -2.09. The molecule has 1 nitrogen and oxygen atoms in total. The van der Waals surface area contributed by atoms with Crippen LogP contribution >= 0.6 is 11.6 Å². The molecule has 0 aliphatic rings. The molecule has 1 N–H and O–H groups in total. The number of aliphatic hydroxyl groups excluding tert-OH is 1. The molecular weight excluding hydrogens is 203 g/mol. The molecule has 0 aliphatic heterocycles. The summed E-state index contributed by atoms with van der Waals surface area (Å²) in [6, 6.07) is 4.64. The van der Waals surface area contributed by atoms with E-state index in [4.69, 9.17) is 11.6 Å². The van der Waals surface area contributed by atoms with Crippen molar-refractivity contribution in [2.24, 2.45) is 0 Å². The highest BCUT2D eigenvalue weighted by atomic mass is 35.5. The van der Waals surface area contributed by atoms with E-state index in [-0.39, 0.29) is 11.1 Å². The monoisotopic (exact) mass is 216 g/mol. The standard InChI is InChI=1S/C11H14ClFO/c1-2-3-9(14)6-8-4-5-10(12)11(13)7-8/h4-5,7,9,14H,2-3,6H2,1H3/t9-/m0/s1. The lowest BCUT2D eigenvalue weighted by Crippen LogP contribution is -2.09. The first-order valence-electron chi connectivity index (χ1n) is 4.75. The SMILES string of the molecule is CCC[C@H](O)Cc1ccc(Cl)c(F)c1. The van der Waals surface area contributed by atoms with Gasteiger partial charge in [0.1, 0.15) is 5.82 Å². The van der Waals surface area contributed by atoms with Gasteiger partial charge in [0.2, 0.25) is 0 Å². The van der Waals surface area contributed by atoms with Crippen LogP contribution in [0.15, 0.2) is 18.2 Å². The minimum atomic E-state index is -0.423. The minimum absolute atomic E-state index is 0.124. The highest BCUT2D eigenvalue weighted by Gasteiger charge is 2.06. The quantitative estimate of drug-likeness (QED) is 0.820. The Bertz CT molecular complexity index is 301. The molecule has 0 heterocycles. The second-order valence-corrected chi connectivity index (χ2v) is 3.80. The van der Waals surface area contributed by atoms with Crippen molar-refractivity contribution < 1.29 is 9.50 Å². The molecule has 1 aromatic carbocycles. The maximum Gasteiger partial charge on any atom is 0.142 e. The van der Waals surface area contributed by atoms with E-state index in [1.165, 1.54) is 12.1 Å². The van der Waals surface area contributed by atoms with E-state index in [9.17, 15) is 9.50 Å². The minimum Gasteiger partial charge on any atom is -0.393 e. The lowest BCUT2D eigenvalue weighted by molar-refractivity contribution is 0.164. The van der Waals surface area contributed by atoms with Gasteiger partial charge in [-0.2, -0.15) is 0 Å². The van der Waals surface area contributed by atoms with E-state index < -0.39 is 5.82 Å². The molecule has 78 valence electrons. The third-order valence-electron chi connectivity index (χ3n) is 2.08. The van der Waals surface area contributed by atoms with Crippen molar-refractivity contribution in [3.63, 3.8) is 0 Å². The van der Waals surface area contributed by atoms with Crippen molar-refractivity contribution in [2.75, 3.05) is 0 Å². The molecule has 0 saturated carbocycles. The third kappa shape index (κ3) is 3.28. The Morgan fingerprint density at radius 1 is 1.50 bits per heavy atom. The smallest absolute Gasteiger partial charge is 0.142 e. The number of hydrogen-bond acceptors (Lipinski definition) is 1. The largest absolute Gasteiger partial charge is 0.393 e. The van der Waals surface area contributed by atoms with Crippen LogP contribution in [0.2, 0.25) is 5.02 Å². The van der Waals surface area contributed by atoms with Gasteiger partial charge in [-0.1, -0.05) is 31.0 Å². The van der Waals surface area contributed by atoms with E-state index in [1.54, 1.807) is 6.07 Å². The van der Waals surface area contributed by atoms with Crippen molar-refractivity contribution >= 4 is 11.6 Å². The Kier molecular flexibility index (Phi) is 4.36. The summed E-state index contributed by atoms with van der Waals surface area (Å²) >= 11 is 5.54. The molecule has 1 rings (SSSR count). The molecule has 0 spiro atoms. The summed E-state index contributed by atoms with van der Waals surface area (Å²) in [5.74, 6) is -0.423. The van der Waals surface area contributed by atoms with Crippen LogP contribution < -0.4 is 0 Å². The van der Waals surface area contributed by atoms with Gasteiger partial charge in [0.15, 0.2) is 0 Å². The van der Waals surface area contributed by atoms with Crippen LogP contribution in [0, 0.1) is 5.82 Å². The fourth-order valence-corrected chi connectivity index (χ4v) is 1.49.